The lowest BCUT2D eigenvalue weighted by Gasteiger charge is -1.96. The van der Waals surface area contributed by atoms with Crippen LogP contribution >= 0.6 is 0 Å². The first-order chi connectivity index (χ1) is 9.45. The SMILES string of the molecule is C(=CC=[N+]c1ccccc1)C=CNc1ccccc1.[Cl-]. The molecule has 0 saturated heterocycles. The summed E-state index contributed by atoms with van der Waals surface area (Å²) in [6.07, 6.45) is 9.44. The summed E-state index contributed by atoms with van der Waals surface area (Å²) < 4.78 is 0. The Morgan fingerprint density at radius 1 is 0.750 bits per heavy atom. The summed E-state index contributed by atoms with van der Waals surface area (Å²) in [5, 5.41) is 3.18. The molecule has 2 rings (SSSR count). The molecule has 0 aliphatic rings. The average Bonchev–Trinajstić information content (AvgIpc) is 2.48. The fourth-order valence-corrected chi connectivity index (χ4v) is 1.49. The van der Waals surface area contributed by atoms with Gasteiger partial charge in [0, 0.05) is 30.1 Å². The molecule has 0 amide bonds. The van der Waals surface area contributed by atoms with Crippen molar-refractivity contribution in [2.45, 2.75) is 0 Å². The smallest absolute Gasteiger partial charge is 0.277 e. The van der Waals surface area contributed by atoms with E-state index in [0.717, 1.165) is 11.4 Å². The number of rotatable bonds is 5. The molecule has 0 aliphatic heterocycles. The Bertz CT molecular complexity index is 560. The Morgan fingerprint density at radius 3 is 2.10 bits per heavy atom. The van der Waals surface area contributed by atoms with Crippen LogP contribution in [0.15, 0.2) is 85.1 Å². The minimum atomic E-state index is 0. The molecule has 0 aromatic heterocycles. The van der Waals surface area contributed by atoms with E-state index >= 15 is 0 Å². The van der Waals surface area contributed by atoms with E-state index in [1.807, 2.05) is 85.1 Å². The lowest BCUT2D eigenvalue weighted by Crippen LogP contribution is -3.00. The third kappa shape index (κ3) is 6.03. The first-order valence-electron chi connectivity index (χ1n) is 6.18. The zero-order valence-corrected chi connectivity index (χ0v) is 11.7. The van der Waals surface area contributed by atoms with Gasteiger partial charge in [0.15, 0.2) is 0 Å². The van der Waals surface area contributed by atoms with Crippen molar-refractivity contribution >= 4 is 17.6 Å². The van der Waals surface area contributed by atoms with E-state index in [1.54, 1.807) is 6.21 Å². The predicted octanol–water partition coefficient (Wildman–Crippen LogP) is 0.911. The van der Waals surface area contributed by atoms with Crippen LogP contribution in [-0.4, -0.2) is 6.21 Å². The second-order valence-corrected chi connectivity index (χ2v) is 3.87. The molecule has 20 heavy (non-hydrogen) atoms. The van der Waals surface area contributed by atoms with Crippen LogP contribution in [0.4, 0.5) is 11.4 Å². The highest BCUT2D eigenvalue weighted by Crippen LogP contribution is 2.04. The molecule has 0 atom stereocenters. The van der Waals surface area contributed by atoms with E-state index in [2.05, 4.69) is 10.3 Å². The number of nitrogens with one attached hydrogen (secondary N) is 1. The third-order valence-corrected chi connectivity index (χ3v) is 2.41. The highest BCUT2D eigenvalue weighted by atomic mass is 35.5. The summed E-state index contributed by atoms with van der Waals surface area (Å²) in [5.74, 6) is 0. The number of halogens is 1. The molecule has 0 spiro atoms. The molecule has 101 valence electrons. The number of aliphatic imine (C=N–C) groups is 1. The van der Waals surface area contributed by atoms with Crippen molar-refractivity contribution in [1.82, 2.24) is 4.99 Å². The molecule has 0 saturated carbocycles. The van der Waals surface area contributed by atoms with Gasteiger partial charge in [-0.2, -0.15) is 0 Å². The van der Waals surface area contributed by atoms with Gasteiger partial charge in [-0.25, -0.2) is 0 Å². The van der Waals surface area contributed by atoms with Crippen molar-refractivity contribution < 1.29 is 12.4 Å². The van der Waals surface area contributed by atoms with Crippen LogP contribution < -0.4 is 22.7 Å². The molecule has 0 bridgehead atoms. The summed E-state index contributed by atoms with van der Waals surface area (Å²) in [7, 11) is 0. The molecule has 2 aromatic rings. The van der Waals surface area contributed by atoms with Crippen LogP contribution in [0.25, 0.3) is 0 Å². The molecule has 1 radical (unpaired) electrons. The zero-order valence-electron chi connectivity index (χ0n) is 11.0. The molecule has 0 aliphatic carbocycles. The van der Waals surface area contributed by atoms with Crippen molar-refractivity contribution in [2.24, 2.45) is 0 Å². The third-order valence-electron chi connectivity index (χ3n) is 2.41. The number of nitrogens with zero attached hydrogens (tertiary/aromatic N) is 1. The summed E-state index contributed by atoms with van der Waals surface area (Å²) in [6.45, 7) is 0. The first kappa shape index (κ1) is 15.7. The van der Waals surface area contributed by atoms with E-state index in [9.17, 15) is 0 Å². The van der Waals surface area contributed by atoms with Crippen LogP contribution in [0.5, 0.6) is 0 Å². The molecular formula is C17H16ClN2. The van der Waals surface area contributed by atoms with Crippen molar-refractivity contribution in [2.75, 3.05) is 5.32 Å². The van der Waals surface area contributed by atoms with Gasteiger partial charge in [-0.05, 0) is 18.2 Å². The van der Waals surface area contributed by atoms with E-state index in [0.29, 0.717) is 0 Å². The first-order valence-corrected chi connectivity index (χ1v) is 6.18. The number of para-hydroxylation sites is 2. The van der Waals surface area contributed by atoms with E-state index < -0.39 is 0 Å². The van der Waals surface area contributed by atoms with Gasteiger partial charge in [0.25, 0.3) is 5.69 Å². The average molecular weight is 284 g/mol. The van der Waals surface area contributed by atoms with Gasteiger partial charge in [0.1, 0.15) is 0 Å². The van der Waals surface area contributed by atoms with Gasteiger partial charge in [0.2, 0.25) is 6.21 Å². The zero-order chi connectivity index (χ0) is 13.2. The summed E-state index contributed by atoms with van der Waals surface area (Å²) in [4.78, 5) is 4.30. The van der Waals surface area contributed by atoms with Crippen LogP contribution in [0.3, 0.4) is 0 Å². The lowest BCUT2D eigenvalue weighted by molar-refractivity contribution is -0.00000378. The Labute approximate surface area is 126 Å². The van der Waals surface area contributed by atoms with Crippen LogP contribution in [0.1, 0.15) is 0 Å². The Hall–Kier alpha value is -2.32. The van der Waals surface area contributed by atoms with Crippen LogP contribution in [-0.2, 0) is 0 Å². The Kier molecular flexibility index (Phi) is 7.55. The maximum absolute atomic E-state index is 4.30. The van der Waals surface area contributed by atoms with Crippen molar-refractivity contribution in [1.29, 1.82) is 0 Å². The lowest BCUT2D eigenvalue weighted by atomic mass is 10.3. The Morgan fingerprint density at radius 2 is 1.40 bits per heavy atom. The van der Waals surface area contributed by atoms with E-state index in [4.69, 9.17) is 0 Å². The fraction of sp³-hybridized carbons (Fsp3) is 0. The maximum atomic E-state index is 4.30. The maximum Gasteiger partial charge on any atom is 0.277 e. The van der Waals surface area contributed by atoms with Gasteiger partial charge >= 0.3 is 0 Å². The molecule has 3 heteroatoms. The summed E-state index contributed by atoms with van der Waals surface area (Å²) >= 11 is 0. The quantitative estimate of drug-likeness (QED) is 0.641. The van der Waals surface area contributed by atoms with Gasteiger partial charge in [-0.3, -0.25) is 0 Å². The van der Waals surface area contributed by atoms with Crippen LogP contribution in [0, 0.1) is 0 Å². The normalized spacial score (nSPS) is 11.0. The molecule has 1 N–H and O–H groups in total. The second kappa shape index (κ2) is 9.59. The number of hydrogen-bond acceptors (Lipinski definition) is 2. The van der Waals surface area contributed by atoms with Crippen LogP contribution in [0.2, 0.25) is 0 Å². The van der Waals surface area contributed by atoms with Crippen molar-refractivity contribution in [3.05, 3.63) is 85.1 Å². The summed E-state index contributed by atoms with van der Waals surface area (Å²) in [6, 6.07) is 19.9. The standard InChI is InChI=1S/C17H16N2.ClH/c1-4-10-16(11-5-1)18-14-8-3-9-15-19-17-12-6-2-7-13-17;/h1-15,18H;1H/q+1;/p-1. The largest absolute Gasteiger partial charge is 1.00 e. The van der Waals surface area contributed by atoms with Crippen molar-refractivity contribution in [3.8, 4) is 0 Å². The highest BCUT2D eigenvalue weighted by Gasteiger charge is 1.94. The predicted molar refractivity (Wildman–Crippen MR) is 82.6 cm³/mol. The Balaban J connectivity index is 0.00000200. The molecular weight excluding hydrogens is 268 g/mol. The van der Waals surface area contributed by atoms with Crippen molar-refractivity contribution in [3.63, 3.8) is 0 Å². The van der Waals surface area contributed by atoms with E-state index in [1.165, 1.54) is 0 Å². The molecule has 0 heterocycles. The topological polar surface area (TPSA) is 26.1 Å². The van der Waals surface area contributed by atoms with Gasteiger partial charge < -0.3 is 17.7 Å². The molecule has 0 unspecified atom stereocenters. The van der Waals surface area contributed by atoms with Gasteiger partial charge in [-0.1, -0.05) is 42.5 Å². The molecule has 0 fully saturated rings. The highest BCUT2D eigenvalue weighted by molar-refractivity contribution is 5.73. The molecule has 2 nitrogen and oxygen atoms in total. The van der Waals surface area contributed by atoms with Gasteiger partial charge in [-0.15, -0.1) is 0 Å². The fourth-order valence-electron chi connectivity index (χ4n) is 1.49. The molecule has 2 aromatic carbocycles. The summed E-state index contributed by atoms with van der Waals surface area (Å²) in [5.41, 5.74) is 2.03. The monoisotopic (exact) mass is 283 g/mol. The number of benzene rings is 2. The minimum absolute atomic E-state index is 0. The number of anilines is 1. The second-order valence-electron chi connectivity index (χ2n) is 3.87. The number of allylic oxidation sites excluding steroid dienone is 3. The minimum Gasteiger partial charge on any atom is -1.00 e. The van der Waals surface area contributed by atoms with Gasteiger partial charge in [0.05, 0.1) is 4.99 Å². The van der Waals surface area contributed by atoms with E-state index in [-0.39, 0.29) is 12.4 Å². The number of hydrogen-bond donors (Lipinski definition) is 1.